The monoisotopic (exact) mass is 707 g/mol. The fourth-order valence-corrected chi connectivity index (χ4v) is 6.39. The summed E-state index contributed by atoms with van der Waals surface area (Å²) < 4.78 is 41.8. The van der Waals surface area contributed by atoms with Crippen LogP contribution in [0.4, 0.5) is 8.78 Å². The van der Waals surface area contributed by atoms with E-state index >= 15 is 0 Å². The zero-order valence-electron chi connectivity index (χ0n) is 26.2. The summed E-state index contributed by atoms with van der Waals surface area (Å²) in [6, 6.07) is 15.5. The van der Waals surface area contributed by atoms with Gasteiger partial charge in [-0.15, -0.1) is 0 Å². The number of halogens is 4. The summed E-state index contributed by atoms with van der Waals surface area (Å²) in [6.45, 7) is 1.06. The summed E-state index contributed by atoms with van der Waals surface area (Å²) in [5, 5.41) is 19.7. The van der Waals surface area contributed by atoms with Crippen molar-refractivity contribution in [1.82, 2.24) is 20.1 Å². The van der Waals surface area contributed by atoms with Crippen LogP contribution in [0.3, 0.4) is 0 Å². The summed E-state index contributed by atoms with van der Waals surface area (Å²) in [4.78, 5) is 31.3. The van der Waals surface area contributed by atoms with Crippen LogP contribution in [0.15, 0.2) is 66.9 Å². The van der Waals surface area contributed by atoms with Gasteiger partial charge in [0.25, 0.3) is 5.91 Å². The number of carbonyl (C=O) groups excluding carboxylic acids is 2. The molecule has 7 rings (SSSR count). The average Bonchev–Trinajstić information content (AvgIpc) is 3.53. The van der Waals surface area contributed by atoms with E-state index in [-0.39, 0.29) is 50.7 Å². The molecule has 3 heterocycles. The number of nitrogens with zero attached hydrogens (tertiary/aromatic N) is 3. The molecule has 0 radical (unpaired) electrons. The molecule has 2 amide bonds. The van der Waals surface area contributed by atoms with Crippen molar-refractivity contribution < 1.29 is 33.0 Å². The molecule has 0 bridgehead atoms. The Morgan fingerprint density at radius 1 is 1.14 bits per heavy atom. The van der Waals surface area contributed by atoms with Gasteiger partial charge in [-0.2, -0.15) is 5.10 Å². The van der Waals surface area contributed by atoms with Crippen molar-refractivity contribution in [3.05, 3.63) is 105 Å². The normalized spacial score (nSPS) is 18.8. The van der Waals surface area contributed by atoms with Crippen LogP contribution in [0.25, 0.3) is 22.2 Å². The molecule has 3 aromatic carbocycles. The lowest BCUT2D eigenvalue weighted by Crippen LogP contribution is -2.43. The van der Waals surface area contributed by atoms with Crippen molar-refractivity contribution in [1.29, 1.82) is 0 Å². The number of alkyl halides is 1. The zero-order chi connectivity index (χ0) is 34.9. The molecule has 1 saturated carbocycles. The first-order chi connectivity index (χ1) is 23.3. The molecule has 49 heavy (non-hydrogen) atoms. The second kappa shape index (κ2) is 11.7. The van der Waals surface area contributed by atoms with Gasteiger partial charge in [-0.25, -0.2) is 18.4 Å². The lowest BCUT2D eigenvalue weighted by Gasteiger charge is -2.30. The van der Waals surface area contributed by atoms with Crippen molar-refractivity contribution >= 4 is 45.9 Å². The number of aromatic nitrogens is 3. The van der Waals surface area contributed by atoms with Gasteiger partial charge in [-0.1, -0.05) is 53.5 Å². The van der Waals surface area contributed by atoms with E-state index in [1.165, 1.54) is 36.2 Å². The van der Waals surface area contributed by atoms with Crippen LogP contribution in [0.2, 0.25) is 10.0 Å². The van der Waals surface area contributed by atoms with Gasteiger partial charge in [-0.05, 0) is 42.8 Å². The predicted molar refractivity (Wildman–Crippen MR) is 178 cm³/mol. The number of hydrogen-bond acceptors (Lipinski definition) is 7. The number of nitrogens with one attached hydrogen (secondary N) is 1. The zero-order valence-corrected chi connectivity index (χ0v) is 27.7. The average molecular weight is 709 g/mol. The smallest absolute Gasteiger partial charge is 0.251 e. The summed E-state index contributed by atoms with van der Waals surface area (Å²) in [5.74, 6) is -3.15. The van der Waals surface area contributed by atoms with Crippen LogP contribution in [0.5, 0.6) is 11.5 Å². The van der Waals surface area contributed by atoms with Crippen molar-refractivity contribution in [3.63, 3.8) is 0 Å². The number of methoxy groups -OCH3 is 1. The van der Waals surface area contributed by atoms with Crippen LogP contribution in [-0.4, -0.2) is 51.9 Å². The van der Waals surface area contributed by atoms with Crippen molar-refractivity contribution in [2.45, 2.75) is 36.6 Å². The van der Waals surface area contributed by atoms with Gasteiger partial charge in [0.1, 0.15) is 46.1 Å². The summed E-state index contributed by atoms with van der Waals surface area (Å²) in [6.07, 6.45) is 2.22. The molecule has 0 spiro atoms. The van der Waals surface area contributed by atoms with E-state index in [2.05, 4.69) is 10.4 Å². The minimum atomic E-state index is -2.01. The second-order valence-corrected chi connectivity index (χ2v) is 13.2. The maximum Gasteiger partial charge on any atom is 0.251 e. The van der Waals surface area contributed by atoms with E-state index in [1.807, 2.05) is 0 Å². The number of pyridine rings is 1. The van der Waals surface area contributed by atoms with Gasteiger partial charge in [0.2, 0.25) is 11.7 Å². The molecule has 252 valence electrons. The highest BCUT2D eigenvalue weighted by Crippen LogP contribution is 2.49. The van der Waals surface area contributed by atoms with Crippen molar-refractivity contribution in [2.75, 3.05) is 20.3 Å². The number of aliphatic hydroxyl groups is 1. The van der Waals surface area contributed by atoms with Crippen molar-refractivity contribution in [3.8, 4) is 22.8 Å². The van der Waals surface area contributed by atoms with Gasteiger partial charge < -0.3 is 25.6 Å². The van der Waals surface area contributed by atoms with E-state index in [0.29, 0.717) is 34.9 Å². The lowest BCUT2D eigenvalue weighted by molar-refractivity contribution is -0.123. The van der Waals surface area contributed by atoms with Crippen LogP contribution in [-0.2, 0) is 21.6 Å². The molecule has 1 fully saturated rings. The molecule has 14 heteroatoms. The number of rotatable bonds is 9. The molecule has 0 saturated heterocycles. The third kappa shape index (κ3) is 5.34. The Hall–Kier alpha value is -4.78. The van der Waals surface area contributed by atoms with E-state index < -0.39 is 41.0 Å². The molecule has 0 unspecified atom stereocenters. The fraction of sp³-hybridized carbons (Fsp3) is 0.257. The molecule has 1 aliphatic heterocycles. The van der Waals surface area contributed by atoms with Crippen LogP contribution in [0.1, 0.15) is 46.9 Å². The van der Waals surface area contributed by atoms with Crippen molar-refractivity contribution in [2.24, 2.45) is 5.73 Å². The van der Waals surface area contributed by atoms with E-state index in [4.69, 9.17) is 43.4 Å². The first-order valence-electron chi connectivity index (χ1n) is 15.2. The molecule has 2 aromatic heterocycles. The molecule has 1 aliphatic carbocycles. The van der Waals surface area contributed by atoms with Gasteiger partial charge >= 0.3 is 0 Å². The number of fused-ring (bicyclic) bond motifs is 2. The molecule has 10 nitrogen and oxygen atoms in total. The first kappa shape index (κ1) is 32.8. The van der Waals surface area contributed by atoms with Gasteiger partial charge in [-0.3, -0.25) is 9.59 Å². The van der Waals surface area contributed by atoms with Crippen LogP contribution >= 0.6 is 23.2 Å². The Labute approximate surface area is 288 Å². The number of hydrogen-bond donors (Lipinski definition) is 3. The number of amides is 2. The third-order valence-electron chi connectivity index (χ3n) is 9.22. The standard InChI is InChI=1S/C35H29Cl2F2N5O5/c1-33(32(40)46)17-49-30-22(33)14-25(42-29(30)21-8-9-23(38)27(37)26(21)36)35(47,20-6-4-3-5-7-20)16-41-31(45)18-12-19-15-44(34(39)10-11-34)43-28(19)24(13-18)48-2/h3-9,12-15,47H,10-11,16-17H2,1-2H3,(H2,40,46)(H,41,45)/t33-,35+/m0/s1. The maximum atomic E-state index is 14.8. The Bertz CT molecular complexity index is 2180. The lowest BCUT2D eigenvalue weighted by atomic mass is 9.80. The molecular weight excluding hydrogens is 679 g/mol. The summed E-state index contributed by atoms with van der Waals surface area (Å²) in [5.41, 5.74) is 4.00. The highest BCUT2D eigenvalue weighted by Gasteiger charge is 2.47. The minimum absolute atomic E-state index is 0.00854. The van der Waals surface area contributed by atoms with E-state index in [9.17, 15) is 23.5 Å². The Balaban J connectivity index is 1.33. The quantitative estimate of drug-likeness (QED) is 0.165. The molecule has 2 atom stereocenters. The molecule has 4 N–H and O–H groups in total. The largest absolute Gasteiger partial charge is 0.494 e. The third-order valence-corrected chi connectivity index (χ3v) is 10.1. The van der Waals surface area contributed by atoms with E-state index in [1.54, 1.807) is 43.3 Å². The molecular formula is C35H29Cl2F2N5O5. The predicted octanol–water partition coefficient (Wildman–Crippen LogP) is 5.77. The highest BCUT2D eigenvalue weighted by molar-refractivity contribution is 6.43. The summed E-state index contributed by atoms with van der Waals surface area (Å²) >= 11 is 12.7. The van der Waals surface area contributed by atoms with E-state index in [0.717, 1.165) is 6.07 Å². The number of ether oxygens (including phenoxy) is 2. The number of nitrogens with two attached hydrogens (primary N) is 1. The topological polar surface area (TPSA) is 142 Å². The van der Waals surface area contributed by atoms with Gasteiger partial charge in [0, 0.05) is 41.1 Å². The summed E-state index contributed by atoms with van der Waals surface area (Å²) in [7, 11) is 1.42. The highest BCUT2D eigenvalue weighted by atomic mass is 35.5. The number of benzene rings is 3. The Kier molecular flexibility index (Phi) is 7.81. The SMILES string of the molecule is COc1cc(C(=O)NC[C@@](O)(c2ccccc2)c2cc3c(c(-c4ccc(F)c(Cl)c4Cl)n2)OC[C@]3(C)C(N)=O)cc2cn(C3(F)CC3)nc12. The Morgan fingerprint density at radius 3 is 2.55 bits per heavy atom. The minimum Gasteiger partial charge on any atom is -0.494 e. The fourth-order valence-electron chi connectivity index (χ4n) is 5.98. The number of primary amides is 1. The molecule has 2 aliphatic rings. The van der Waals surface area contributed by atoms with Gasteiger partial charge in [0.15, 0.2) is 0 Å². The Morgan fingerprint density at radius 2 is 1.88 bits per heavy atom. The van der Waals surface area contributed by atoms with Gasteiger partial charge in [0.05, 0.1) is 29.4 Å². The van der Waals surface area contributed by atoms with Crippen LogP contribution < -0.4 is 20.5 Å². The molecule has 5 aromatic rings. The number of carbonyl (C=O) groups is 2. The maximum absolute atomic E-state index is 14.8. The second-order valence-electron chi connectivity index (χ2n) is 12.5. The first-order valence-corrected chi connectivity index (χ1v) is 16.0. The van der Waals surface area contributed by atoms with Crippen LogP contribution in [0, 0.1) is 5.82 Å².